The maximum atomic E-state index is 12.1. The number of carbonyl (C=O) groups is 1. The molecule has 24 heavy (non-hydrogen) atoms. The molecule has 0 unspecified atom stereocenters. The summed E-state index contributed by atoms with van der Waals surface area (Å²) < 4.78 is 5.08. The van der Waals surface area contributed by atoms with Crippen molar-refractivity contribution in [2.24, 2.45) is 5.10 Å². The van der Waals surface area contributed by atoms with E-state index in [-0.39, 0.29) is 5.91 Å². The van der Waals surface area contributed by atoms with Gasteiger partial charge in [-0.3, -0.25) is 9.89 Å². The Hall–Kier alpha value is -3.41. The van der Waals surface area contributed by atoms with Gasteiger partial charge in [-0.05, 0) is 35.9 Å². The lowest BCUT2D eigenvalue weighted by atomic mass is 10.1. The van der Waals surface area contributed by atoms with Crippen LogP contribution < -0.4 is 10.2 Å². The number of hydrazone groups is 1. The monoisotopic (exact) mass is 320 g/mol. The Kier molecular flexibility index (Phi) is 4.67. The Morgan fingerprint density at radius 2 is 1.92 bits per heavy atom. The van der Waals surface area contributed by atoms with E-state index >= 15 is 0 Å². The van der Waals surface area contributed by atoms with E-state index in [0.717, 1.165) is 16.9 Å². The van der Waals surface area contributed by atoms with Crippen LogP contribution in [-0.4, -0.2) is 29.4 Å². The molecule has 3 rings (SSSR count). The molecule has 0 aliphatic carbocycles. The van der Waals surface area contributed by atoms with Crippen molar-refractivity contribution >= 4 is 12.1 Å². The number of carbonyl (C=O) groups excluding carboxylic acids is 1. The van der Waals surface area contributed by atoms with Gasteiger partial charge in [0.1, 0.15) is 11.4 Å². The number of methoxy groups -OCH3 is 1. The van der Waals surface area contributed by atoms with Crippen LogP contribution in [0.2, 0.25) is 0 Å². The van der Waals surface area contributed by atoms with Crippen LogP contribution in [0, 0.1) is 0 Å². The summed E-state index contributed by atoms with van der Waals surface area (Å²) in [6.07, 6.45) is 1.56. The summed E-state index contributed by atoms with van der Waals surface area (Å²) in [5, 5.41) is 10.8. The van der Waals surface area contributed by atoms with Gasteiger partial charge in [-0.1, -0.05) is 30.3 Å². The molecule has 0 atom stereocenters. The maximum Gasteiger partial charge on any atom is 0.289 e. The van der Waals surface area contributed by atoms with Gasteiger partial charge in [0.05, 0.1) is 19.0 Å². The van der Waals surface area contributed by atoms with Crippen molar-refractivity contribution < 1.29 is 9.53 Å². The molecule has 2 aromatic carbocycles. The summed E-state index contributed by atoms with van der Waals surface area (Å²) in [6, 6.07) is 18.7. The van der Waals surface area contributed by atoms with Crippen LogP contribution in [0.4, 0.5) is 0 Å². The molecule has 1 amide bonds. The largest absolute Gasteiger partial charge is 0.497 e. The molecular weight excluding hydrogens is 304 g/mol. The fourth-order valence-electron chi connectivity index (χ4n) is 2.11. The highest BCUT2D eigenvalue weighted by atomic mass is 16.5. The molecule has 3 aromatic rings. The smallest absolute Gasteiger partial charge is 0.289 e. The minimum absolute atomic E-state index is 0.348. The van der Waals surface area contributed by atoms with E-state index in [1.54, 1.807) is 19.4 Å². The molecule has 2 N–H and O–H groups in total. The van der Waals surface area contributed by atoms with E-state index in [1.807, 2.05) is 54.6 Å². The van der Waals surface area contributed by atoms with Gasteiger partial charge in [0.2, 0.25) is 0 Å². The van der Waals surface area contributed by atoms with E-state index in [4.69, 9.17) is 4.74 Å². The topological polar surface area (TPSA) is 79.4 Å². The molecule has 6 heteroatoms. The third-order valence-corrected chi connectivity index (χ3v) is 3.39. The number of hydrogen-bond acceptors (Lipinski definition) is 4. The van der Waals surface area contributed by atoms with Crippen LogP contribution in [0.15, 0.2) is 65.8 Å². The van der Waals surface area contributed by atoms with Crippen LogP contribution in [0.1, 0.15) is 16.1 Å². The standard InChI is InChI=1S/C18H16N4O2/c1-24-15-9-7-13(8-10-15)12-19-22-18(23)17-11-16(20-21-17)14-5-3-2-4-6-14/h2-12H,1H3,(H,20,21)(H,22,23)/b19-12-. The lowest BCUT2D eigenvalue weighted by Gasteiger charge is -1.99. The van der Waals surface area contributed by atoms with Gasteiger partial charge in [-0.2, -0.15) is 10.2 Å². The van der Waals surface area contributed by atoms with Crippen molar-refractivity contribution in [3.8, 4) is 17.0 Å². The molecule has 0 saturated carbocycles. The molecule has 0 aliphatic rings. The molecule has 0 aliphatic heterocycles. The molecule has 6 nitrogen and oxygen atoms in total. The minimum Gasteiger partial charge on any atom is -0.497 e. The predicted octanol–water partition coefficient (Wildman–Crippen LogP) is 2.85. The highest BCUT2D eigenvalue weighted by molar-refractivity contribution is 5.94. The average molecular weight is 320 g/mol. The van der Waals surface area contributed by atoms with Crippen molar-refractivity contribution in [1.29, 1.82) is 0 Å². The third-order valence-electron chi connectivity index (χ3n) is 3.39. The Labute approximate surface area is 139 Å². The first kappa shape index (κ1) is 15.5. The molecule has 0 saturated heterocycles. The predicted molar refractivity (Wildman–Crippen MR) is 92.1 cm³/mol. The SMILES string of the molecule is COc1ccc(/C=N\NC(=O)c2cc(-c3ccccc3)n[nH]2)cc1. The number of amides is 1. The first-order chi connectivity index (χ1) is 11.8. The normalized spacial score (nSPS) is 10.7. The molecule has 0 fully saturated rings. The highest BCUT2D eigenvalue weighted by Crippen LogP contribution is 2.16. The minimum atomic E-state index is -0.352. The Balaban J connectivity index is 1.62. The molecule has 120 valence electrons. The average Bonchev–Trinajstić information content (AvgIpc) is 3.13. The number of benzene rings is 2. The summed E-state index contributed by atoms with van der Waals surface area (Å²) in [7, 11) is 1.61. The van der Waals surface area contributed by atoms with Crippen LogP contribution >= 0.6 is 0 Å². The van der Waals surface area contributed by atoms with E-state index < -0.39 is 0 Å². The number of aromatic amines is 1. The Bertz CT molecular complexity index is 839. The molecule has 1 aromatic heterocycles. The fraction of sp³-hybridized carbons (Fsp3) is 0.0556. The summed E-state index contributed by atoms with van der Waals surface area (Å²) in [5.74, 6) is 0.413. The number of aromatic nitrogens is 2. The second kappa shape index (κ2) is 7.23. The quantitative estimate of drug-likeness (QED) is 0.560. The number of nitrogens with one attached hydrogen (secondary N) is 2. The summed E-state index contributed by atoms with van der Waals surface area (Å²) >= 11 is 0. The fourth-order valence-corrected chi connectivity index (χ4v) is 2.11. The maximum absolute atomic E-state index is 12.1. The van der Waals surface area contributed by atoms with Gasteiger partial charge in [0.15, 0.2) is 0 Å². The van der Waals surface area contributed by atoms with Crippen molar-refractivity contribution in [2.75, 3.05) is 7.11 Å². The van der Waals surface area contributed by atoms with Gasteiger partial charge in [0.25, 0.3) is 5.91 Å². The van der Waals surface area contributed by atoms with E-state index in [0.29, 0.717) is 11.4 Å². The van der Waals surface area contributed by atoms with E-state index in [1.165, 1.54) is 0 Å². The van der Waals surface area contributed by atoms with Crippen LogP contribution in [0.3, 0.4) is 0 Å². The zero-order valence-corrected chi connectivity index (χ0v) is 13.1. The lowest BCUT2D eigenvalue weighted by molar-refractivity contribution is 0.0950. The summed E-state index contributed by atoms with van der Waals surface area (Å²) in [6.45, 7) is 0. The number of hydrogen-bond donors (Lipinski definition) is 2. The van der Waals surface area contributed by atoms with Crippen molar-refractivity contribution in [2.45, 2.75) is 0 Å². The van der Waals surface area contributed by atoms with E-state index in [9.17, 15) is 4.79 Å². The third kappa shape index (κ3) is 3.67. The molecular formula is C18H16N4O2. The van der Waals surface area contributed by atoms with Gasteiger partial charge in [-0.25, -0.2) is 5.43 Å². The first-order valence-corrected chi connectivity index (χ1v) is 7.34. The second-order valence-electron chi connectivity index (χ2n) is 5.01. The van der Waals surface area contributed by atoms with Crippen molar-refractivity contribution in [1.82, 2.24) is 15.6 Å². The Morgan fingerprint density at radius 3 is 2.62 bits per heavy atom. The molecule has 0 spiro atoms. The van der Waals surface area contributed by atoms with Crippen molar-refractivity contribution in [3.63, 3.8) is 0 Å². The van der Waals surface area contributed by atoms with Gasteiger partial charge in [0, 0.05) is 5.56 Å². The number of ether oxygens (including phenoxy) is 1. The molecule has 0 bridgehead atoms. The molecule has 1 heterocycles. The lowest BCUT2D eigenvalue weighted by Crippen LogP contribution is -2.17. The highest BCUT2D eigenvalue weighted by Gasteiger charge is 2.09. The van der Waals surface area contributed by atoms with Crippen LogP contribution in [0.25, 0.3) is 11.3 Å². The van der Waals surface area contributed by atoms with Crippen LogP contribution in [-0.2, 0) is 0 Å². The number of rotatable bonds is 5. The van der Waals surface area contributed by atoms with Gasteiger partial charge >= 0.3 is 0 Å². The van der Waals surface area contributed by atoms with Crippen molar-refractivity contribution in [3.05, 3.63) is 71.9 Å². The Morgan fingerprint density at radius 1 is 1.17 bits per heavy atom. The summed E-state index contributed by atoms with van der Waals surface area (Å²) in [5.41, 5.74) is 5.32. The van der Waals surface area contributed by atoms with E-state index in [2.05, 4.69) is 20.7 Å². The second-order valence-corrected chi connectivity index (χ2v) is 5.01. The number of nitrogens with zero attached hydrogens (tertiary/aromatic N) is 2. The van der Waals surface area contributed by atoms with Gasteiger partial charge < -0.3 is 4.74 Å². The number of H-pyrrole nitrogens is 1. The van der Waals surface area contributed by atoms with Gasteiger partial charge in [-0.15, -0.1) is 0 Å². The van der Waals surface area contributed by atoms with Crippen LogP contribution in [0.5, 0.6) is 5.75 Å². The first-order valence-electron chi connectivity index (χ1n) is 7.34. The zero-order valence-electron chi connectivity index (χ0n) is 13.1. The molecule has 0 radical (unpaired) electrons. The zero-order chi connectivity index (χ0) is 16.8. The summed E-state index contributed by atoms with van der Waals surface area (Å²) in [4.78, 5) is 12.1.